The minimum Gasteiger partial charge on any atom is -0.497 e. The Kier molecular flexibility index (Phi) is 4.81. The Labute approximate surface area is 113 Å². The van der Waals surface area contributed by atoms with Crippen molar-refractivity contribution in [2.75, 3.05) is 20.3 Å². The molecule has 0 aliphatic rings. The largest absolute Gasteiger partial charge is 0.497 e. The second-order valence-electron chi connectivity index (χ2n) is 4.28. The molecule has 2 aromatic rings. The van der Waals surface area contributed by atoms with Crippen molar-refractivity contribution in [2.45, 2.75) is 5.92 Å². The lowest BCUT2D eigenvalue weighted by molar-refractivity contribution is 0.205. The van der Waals surface area contributed by atoms with Gasteiger partial charge in [0.2, 0.25) is 0 Å². The average Bonchev–Trinajstić information content (AvgIpc) is 2.49. The maximum absolute atomic E-state index is 9.44. The Morgan fingerprint density at radius 2 is 1.58 bits per heavy atom. The molecule has 1 N–H and O–H groups in total. The minimum absolute atomic E-state index is 0.0108. The fourth-order valence-electron chi connectivity index (χ4n) is 1.85. The molecular formula is C16H18O3. The lowest BCUT2D eigenvalue weighted by atomic mass is 10.0. The van der Waals surface area contributed by atoms with Crippen LogP contribution in [0, 0.1) is 0 Å². The van der Waals surface area contributed by atoms with Gasteiger partial charge >= 0.3 is 0 Å². The van der Waals surface area contributed by atoms with Crippen molar-refractivity contribution in [1.82, 2.24) is 0 Å². The number of aliphatic hydroxyl groups excluding tert-OH is 1. The maximum Gasteiger partial charge on any atom is 0.119 e. The second kappa shape index (κ2) is 6.81. The minimum atomic E-state index is -0.0108. The summed E-state index contributed by atoms with van der Waals surface area (Å²) in [7, 11) is 1.63. The summed E-state index contributed by atoms with van der Waals surface area (Å²) < 4.78 is 10.8. The fourth-order valence-corrected chi connectivity index (χ4v) is 1.85. The molecule has 0 saturated heterocycles. The molecule has 3 nitrogen and oxygen atoms in total. The third-order valence-corrected chi connectivity index (χ3v) is 3.00. The van der Waals surface area contributed by atoms with Crippen molar-refractivity contribution in [2.24, 2.45) is 0 Å². The quantitative estimate of drug-likeness (QED) is 0.866. The van der Waals surface area contributed by atoms with Gasteiger partial charge in [0.25, 0.3) is 0 Å². The van der Waals surface area contributed by atoms with Gasteiger partial charge in [-0.1, -0.05) is 30.3 Å². The lowest BCUT2D eigenvalue weighted by Gasteiger charge is -2.15. The molecule has 0 aliphatic heterocycles. The molecule has 1 atom stereocenters. The summed E-state index contributed by atoms with van der Waals surface area (Å²) >= 11 is 0. The molecule has 0 fully saturated rings. The number of aliphatic hydroxyl groups is 1. The maximum atomic E-state index is 9.44. The zero-order valence-electron chi connectivity index (χ0n) is 11.0. The highest BCUT2D eigenvalue weighted by atomic mass is 16.5. The Morgan fingerprint density at radius 1 is 0.947 bits per heavy atom. The van der Waals surface area contributed by atoms with Gasteiger partial charge in [-0.05, 0) is 29.8 Å². The van der Waals surface area contributed by atoms with E-state index in [0.717, 1.165) is 17.1 Å². The lowest BCUT2D eigenvalue weighted by Crippen LogP contribution is -2.14. The van der Waals surface area contributed by atoms with Crippen LogP contribution in [-0.4, -0.2) is 25.4 Å². The van der Waals surface area contributed by atoms with Crippen molar-refractivity contribution in [1.29, 1.82) is 0 Å². The Hall–Kier alpha value is -2.00. The van der Waals surface area contributed by atoms with E-state index in [-0.39, 0.29) is 12.5 Å². The topological polar surface area (TPSA) is 38.7 Å². The Bertz CT molecular complexity index is 479. The van der Waals surface area contributed by atoms with Crippen LogP contribution < -0.4 is 9.47 Å². The van der Waals surface area contributed by atoms with Gasteiger partial charge in [0, 0.05) is 5.92 Å². The predicted octanol–water partition coefficient (Wildman–Crippen LogP) is 2.85. The van der Waals surface area contributed by atoms with E-state index in [9.17, 15) is 5.11 Å². The van der Waals surface area contributed by atoms with Gasteiger partial charge in [0.1, 0.15) is 11.5 Å². The molecule has 0 saturated carbocycles. The van der Waals surface area contributed by atoms with E-state index in [4.69, 9.17) is 9.47 Å². The van der Waals surface area contributed by atoms with Crippen LogP contribution in [0.2, 0.25) is 0 Å². The van der Waals surface area contributed by atoms with Crippen molar-refractivity contribution in [3.8, 4) is 11.5 Å². The smallest absolute Gasteiger partial charge is 0.119 e. The third kappa shape index (κ3) is 3.73. The van der Waals surface area contributed by atoms with Crippen LogP contribution in [0.4, 0.5) is 0 Å². The summed E-state index contributed by atoms with van der Waals surface area (Å²) in [4.78, 5) is 0. The van der Waals surface area contributed by atoms with E-state index >= 15 is 0 Å². The second-order valence-corrected chi connectivity index (χ2v) is 4.28. The molecule has 1 unspecified atom stereocenters. The summed E-state index contributed by atoms with van der Waals surface area (Å²) in [6, 6.07) is 17.3. The van der Waals surface area contributed by atoms with Crippen LogP contribution in [0.1, 0.15) is 11.5 Å². The van der Waals surface area contributed by atoms with Crippen molar-refractivity contribution < 1.29 is 14.6 Å². The number of hydrogen-bond acceptors (Lipinski definition) is 3. The van der Waals surface area contributed by atoms with Crippen LogP contribution in [-0.2, 0) is 0 Å². The van der Waals surface area contributed by atoms with Gasteiger partial charge in [-0.25, -0.2) is 0 Å². The molecular weight excluding hydrogens is 240 g/mol. The van der Waals surface area contributed by atoms with Crippen LogP contribution >= 0.6 is 0 Å². The number of methoxy groups -OCH3 is 1. The average molecular weight is 258 g/mol. The summed E-state index contributed by atoms with van der Waals surface area (Å²) in [5.74, 6) is 1.56. The van der Waals surface area contributed by atoms with E-state index in [1.165, 1.54) is 0 Å². The zero-order chi connectivity index (χ0) is 13.5. The van der Waals surface area contributed by atoms with E-state index in [2.05, 4.69) is 0 Å². The molecule has 3 heteroatoms. The Balaban J connectivity index is 1.96. The van der Waals surface area contributed by atoms with Gasteiger partial charge in [0.15, 0.2) is 0 Å². The Morgan fingerprint density at radius 3 is 2.16 bits per heavy atom. The molecule has 0 aliphatic carbocycles. The molecule has 0 radical (unpaired) electrons. The number of rotatable bonds is 6. The molecule has 2 aromatic carbocycles. The zero-order valence-corrected chi connectivity index (χ0v) is 11.0. The standard InChI is InChI=1S/C16H18O3/c1-18-15-7-9-16(10-8-15)19-12-14(11-17)13-5-3-2-4-6-13/h2-10,14,17H,11-12H2,1H3. The first-order valence-electron chi connectivity index (χ1n) is 6.26. The normalized spacial score (nSPS) is 11.9. The van der Waals surface area contributed by atoms with Crippen molar-refractivity contribution in [3.63, 3.8) is 0 Å². The number of ether oxygens (including phenoxy) is 2. The highest BCUT2D eigenvalue weighted by Gasteiger charge is 2.10. The molecule has 19 heavy (non-hydrogen) atoms. The molecule has 0 spiro atoms. The summed E-state index contributed by atoms with van der Waals surface area (Å²) in [5.41, 5.74) is 1.08. The van der Waals surface area contributed by atoms with Gasteiger partial charge < -0.3 is 14.6 Å². The first-order chi connectivity index (χ1) is 9.33. The fraction of sp³-hybridized carbons (Fsp3) is 0.250. The van der Waals surface area contributed by atoms with Crippen LogP contribution in [0.25, 0.3) is 0 Å². The van der Waals surface area contributed by atoms with E-state index in [0.29, 0.717) is 6.61 Å². The molecule has 100 valence electrons. The highest BCUT2D eigenvalue weighted by molar-refractivity contribution is 5.31. The summed E-state index contributed by atoms with van der Waals surface area (Å²) in [5, 5.41) is 9.44. The van der Waals surface area contributed by atoms with Crippen LogP contribution in [0.3, 0.4) is 0 Å². The third-order valence-electron chi connectivity index (χ3n) is 3.00. The summed E-state index contributed by atoms with van der Waals surface area (Å²) in [6.07, 6.45) is 0. The molecule has 0 aromatic heterocycles. The summed E-state index contributed by atoms with van der Waals surface area (Å²) in [6.45, 7) is 0.521. The van der Waals surface area contributed by atoms with Gasteiger partial charge in [0.05, 0.1) is 20.3 Å². The first kappa shape index (κ1) is 13.4. The number of benzene rings is 2. The van der Waals surface area contributed by atoms with Crippen LogP contribution in [0.15, 0.2) is 54.6 Å². The molecule has 0 amide bonds. The van der Waals surface area contributed by atoms with E-state index in [1.54, 1.807) is 7.11 Å². The highest BCUT2D eigenvalue weighted by Crippen LogP contribution is 2.20. The predicted molar refractivity (Wildman–Crippen MR) is 74.8 cm³/mol. The molecule has 2 rings (SSSR count). The number of hydrogen-bond donors (Lipinski definition) is 1. The van der Waals surface area contributed by atoms with Crippen molar-refractivity contribution in [3.05, 3.63) is 60.2 Å². The monoisotopic (exact) mass is 258 g/mol. The van der Waals surface area contributed by atoms with E-state index in [1.807, 2.05) is 54.6 Å². The van der Waals surface area contributed by atoms with E-state index < -0.39 is 0 Å². The molecule has 0 bridgehead atoms. The van der Waals surface area contributed by atoms with Crippen LogP contribution in [0.5, 0.6) is 11.5 Å². The molecule has 0 heterocycles. The SMILES string of the molecule is COc1ccc(OCC(CO)c2ccccc2)cc1. The van der Waals surface area contributed by atoms with Crippen molar-refractivity contribution >= 4 is 0 Å². The van der Waals surface area contributed by atoms with Gasteiger partial charge in [-0.3, -0.25) is 0 Å². The van der Waals surface area contributed by atoms with Gasteiger partial charge in [-0.2, -0.15) is 0 Å². The first-order valence-corrected chi connectivity index (χ1v) is 6.26. The van der Waals surface area contributed by atoms with Gasteiger partial charge in [-0.15, -0.1) is 0 Å².